The summed E-state index contributed by atoms with van der Waals surface area (Å²) >= 11 is 0. The van der Waals surface area contributed by atoms with Crippen molar-refractivity contribution >= 4 is 27.3 Å². The van der Waals surface area contributed by atoms with E-state index < -0.39 is 15.7 Å². The summed E-state index contributed by atoms with van der Waals surface area (Å²) in [6.07, 6.45) is 3.07. The number of benzene rings is 2. The standard InChI is InChI=1S/C21H24N2O4S/c1-14-9-10-16(28(3,26)27)13-17(14)20(24)22-18-8-6-7-15(2)19(18)21(25)23-11-4-5-12-23/h6-10,13H,4-5,11-12H2,1-3H3,(H,22,24). The Morgan fingerprint density at radius 2 is 1.68 bits per heavy atom. The molecule has 0 bridgehead atoms. The van der Waals surface area contributed by atoms with Gasteiger partial charge in [-0.3, -0.25) is 9.59 Å². The Bertz CT molecular complexity index is 1040. The average Bonchev–Trinajstić information content (AvgIpc) is 3.15. The van der Waals surface area contributed by atoms with Crippen molar-refractivity contribution in [1.82, 2.24) is 4.90 Å². The number of hydrogen-bond donors (Lipinski definition) is 1. The predicted molar refractivity (Wildman–Crippen MR) is 109 cm³/mol. The lowest BCUT2D eigenvalue weighted by molar-refractivity contribution is 0.0793. The summed E-state index contributed by atoms with van der Waals surface area (Å²) in [6.45, 7) is 5.02. The Balaban J connectivity index is 1.95. The Morgan fingerprint density at radius 1 is 1.00 bits per heavy atom. The van der Waals surface area contributed by atoms with Crippen LogP contribution < -0.4 is 5.32 Å². The Hall–Kier alpha value is -2.67. The molecule has 1 saturated heterocycles. The van der Waals surface area contributed by atoms with Crippen LogP contribution in [0.15, 0.2) is 41.3 Å². The number of sulfone groups is 1. The summed E-state index contributed by atoms with van der Waals surface area (Å²) in [5.41, 5.74) is 2.63. The Labute approximate surface area is 165 Å². The molecule has 148 valence electrons. The molecule has 0 saturated carbocycles. The van der Waals surface area contributed by atoms with Gasteiger partial charge in [0, 0.05) is 24.9 Å². The number of aryl methyl sites for hydroxylation is 2. The molecule has 1 fully saturated rings. The SMILES string of the molecule is Cc1ccc(S(C)(=O)=O)cc1C(=O)Nc1cccc(C)c1C(=O)N1CCCC1. The molecule has 0 radical (unpaired) electrons. The quantitative estimate of drug-likeness (QED) is 0.854. The second kappa shape index (κ2) is 7.75. The van der Waals surface area contributed by atoms with Crippen molar-refractivity contribution in [2.24, 2.45) is 0 Å². The fourth-order valence-corrected chi connectivity index (χ4v) is 4.05. The smallest absolute Gasteiger partial charge is 0.256 e. The zero-order valence-electron chi connectivity index (χ0n) is 16.3. The third-order valence-electron chi connectivity index (χ3n) is 5.01. The average molecular weight is 401 g/mol. The highest BCUT2D eigenvalue weighted by Crippen LogP contribution is 2.25. The van der Waals surface area contributed by atoms with Crippen LogP contribution in [-0.4, -0.2) is 44.5 Å². The number of nitrogens with zero attached hydrogens (tertiary/aromatic N) is 1. The van der Waals surface area contributed by atoms with E-state index in [1.54, 1.807) is 30.0 Å². The van der Waals surface area contributed by atoms with Crippen LogP contribution in [0.2, 0.25) is 0 Å². The maximum absolute atomic E-state index is 13.0. The fraction of sp³-hybridized carbons (Fsp3) is 0.333. The highest BCUT2D eigenvalue weighted by Gasteiger charge is 2.24. The van der Waals surface area contributed by atoms with Crippen LogP contribution in [0.5, 0.6) is 0 Å². The molecule has 7 heteroatoms. The van der Waals surface area contributed by atoms with Gasteiger partial charge in [0.2, 0.25) is 0 Å². The van der Waals surface area contributed by atoms with Gasteiger partial charge in [0.1, 0.15) is 0 Å². The molecule has 0 aromatic heterocycles. The van der Waals surface area contributed by atoms with Crippen LogP contribution in [0.25, 0.3) is 0 Å². The molecule has 3 rings (SSSR count). The monoisotopic (exact) mass is 400 g/mol. The number of nitrogens with one attached hydrogen (secondary N) is 1. The van der Waals surface area contributed by atoms with Crippen LogP contribution >= 0.6 is 0 Å². The number of amides is 2. The molecule has 2 amide bonds. The Morgan fingerprint density at radius 3 is 2.32 bits per heavy atom. The molecule has 1 aliphatic rings. The first kappa shape index (κ1) is 20.1. The number of likely N-dealkylation sites (tertiary alicyclic amines) is 1. The van der Waals surface area contributed by atoms with Crippen molar-refractivity contribution in [2.75, 3.05) is 24.7 Å². The third kappa shape index (κ3) is 4.09. The van der Waals surface area contributed by atoms with Gasteiger partial charge in [0.25, 0.3) is 11.8 Å². The van der Waals surface area contributed by atoms with E-state index in [0.717, 1.165) is 37.8 Å². The van der Waals surface area contributed by atoms with E-state index in [1.165, 1.54) is 12.1 Å². The molecular weight excluding hydrogens is 376 g/mol. The molecule has 2 aromatic rings. The van der Waals surface area contributed by atoms with E-state index in [4.69, 9.17) is 0 Å². The normalized spacial score (nSPS) is 14.2. The fourth-order valence-electron chi connectivity index (χ4n) is 3.40. The topological polar surface area (TPSA) is 83.5 Å². The molecule has 1 heterocycles. The summed E-state index contributed by atoms with van der Waals surface area (Å²) in [7, 11) is -3.43. The van der Waals surface area contributed by atoms with Crippen LogP contribution in [0.1, 0.15) is 44.7 Å². The maximum Gasteiger partial charge on any atom is 0.256 e. The van der Waals surface area contributed by atoms with Gasteiger partial charge in [-0.1, -0.05) is 18.2 Å². The zero-order valence-corrected chi connectivity index (χ0v) is 17.1. The summed E-state index contributed by atoms with van der Waals surface area (Å²) in [5.74, 6) is -0.531. The van der Waals surface area contributed by atoms with E-state index in [1.807, 2.05) is 13.0 Å². The van der Waals surface area contributed by atoms with E-state index in [-0.39, 0.29) is 16.4 Å². The Kier molecular flexibility index (Phi) is 5.56. The number of anilines is 1. The van der Waals surface area contributed by atoms with Gasteiger partial charge >= 0.3 is 0 Å². The molecular formula is C21H24N2O4S. The highest BCUT2D eigenvalue weighted by molar-refractivity contribution is 7.90. The van der Waals surface area contributed by atoms with Crippen molar-refractivity contribution in [3.05, 3.63) is 58.7 Å². The van der Waals surface area contributed by atoms with Gasteiger partial charge in [-0.05, 0) is 56.0 Å². The second-order valence-corrected chi connectivity index (χ2v) is 9.22. The van der Waals surface area contributed by atoms with E-state index >= 15 is 0 Å². The number of rotatable bonds is 4. The predicted octanol–water partition coefficient (Wildman–Crippen LogP) is 3.20. The van der Waals surface area contributed by atoms with Crippen LogP contribution in [0, 0.1) is 13.8 Å². The molecule has 2 aromatic carbocycles. The molecule has 6 nitrogen and oxygen atoms in total. The van der Waals surface area contributed by atoms with Crippen molar-refractivity contribution < 1.29 is 18.0 Å². The lowest BCUT2D eigenvalue weighted by atomic mass is 10.0. The summed E-state index contributed by atoms with van der Waals surface area (Å²) in [6, 6.07) is 9.79. The lowest BCUT2D eigenvalue weighted by Crippen LogP contribution is -2.29. The van der Waals surface area contributed by atoms with Gasteiger partial charge in [-0.25, -0.2) is 8.42 Å². The first-order chi connectivity index (χ1) is 13.2. The third-order valence-corrected chi connectivity index (χ3v) is 6.12. The van der Waals surface area contributed by atoms with Gasteiger partial charge in [-0.15, -0.1) is 0 Å². The van der Waals surface area contributed by atoms with Crippen LogP contribution in [0.4, 0.5) is 5.69 Å². The minimum absolute atomic E-state index is 0.0841. The lowest BCUT2D eigenvalue weighted by Gasteiger charge is -2.20. The van der Waals surface area contributed by atoms with Crippen molar-refractivity contribution in [3.8, 4) is 0 Å². The summed E-state index contributed by atoms with van der Waals surface area (Å²) in [5, 5.41) is 2.81. The molecule has 0 atom stereocenters. The van der Waals surface area contributed by atoms with Gasteiger partial charge in [0.05, 0.1) is 16.1 Å². The summed E-state index contributed by atoms with van der Waals surface area (Å²) in [4.78, 5) is 27.7. The highest BCUT2D eigenvalue weighted by atomic mass is 32.2. The molecule has 0 unspecified atom stereocenters. The van der Waals surface area contributed by atoms with Crippen molar-refractivity contribution in [1.29, 1.82) is 0 Å². The minimum atomic E-state index is -3.43. The molecule has 0 aliphatic carbocycles. The van der Waals surface area contributed by atoms with Gasteiger partial charge in [0.15, 0.2) is 9.84 Å². The minimum Gasteiger partial charge on any atom is -0.339 e. The van der Waals surface area contributed by atoms with E-state index in [0.29, 0.717) is 16.8 Å². The molecule has 1 aliphatic heterocycles. The second-order valence-electron chi connectivity index (χ2n) is 7.20. The number of carbonyl (C=O) groups is 2. The van der Waals surface area contributed by atoms with E-state index in [2.05, 4.69) is 5.32 Å². The van der Waals surface area contributed by atoms with Gasteiger partial charge < -0.3 is 10.2 Å². The molecule has 1 N–H and O–H groups in total. The maximum atomic E-state index is 13.0. The molecule has 0 spiro atoms. The molecule has 28 heavy (non-hydrogen) atoms. The van der Waals surface area contributed by atoms with Crippen molar-refractivity contribution in [2.45, 2.75) is 31.6 Å². The zero-order chi connectivity index (χ0) is 20.5. The summed E-state index contributed by atoms with van der Waals surface area (Å²) < 4.78 is 23.7. The number of carbonyl (C=O) groups excluding carboxylic acids is 2. The first-order valence-electron chi connectivity index (χ1n) is 9.19. The van der Waals surface area contributed by atoms with Crippen LogP contribution in [-0.2, 0) is 9.84 Å². The van der Waals surface area contributed by atoms with Crippen molar-refractivity contribution in [3.63, 3.8) is 0 Å². The van der Waals surface area contributed by atoms with Crippen LogP contribution in [0.3, 0.4) is 0 Å². The number of hydrogen-bond acceptors (Lipinski definition) is 4. The largest absolute Gasteiger partial charge is 0.339 e. The first-order valence-corrected chi connectivity index (χ1v) is 11.1. The van der Waals surface area contributed by atoms with E-state index in [9.17, 15) is 18.0 Å². The van der Waals surface area contributed by atoms with Gasteiger partial charge in [-0.2, -0.15) is 0 Å².